The van der Waals surface area contributed by atoms with Crippen LogP contribution in [-0.4, -0.2) is 55.2 Å². The molecule has 0 amide bonds. The lowest BCUT2D eigenvalue weighted by atomic mass is 10.1. The first-order valence-electron chi connectivity index (χ1n) is 15.4. The Kier molecular flexibility index (Phi) is 10.9. The first kappa shape index (κ1) is 29.3. The SMILES string of the molecule is CCCCCCCCC(=O)Oc1ccc2ccc(OCCCCN3CCN(c4cccc5sccc45)CC3)cc2n1. The number of fused-ring (bicyclic) bond motifs is 2. The number of thiophene rings is 1. The molecule has 0 radical (unpaired) electrons. The number of aromatic nitrogens is 1. The Balaban J connectivity index is 1.00. The summed E-state index contributed by atoms with van der Waals surface area (Å²) in [7, 11) is 0. The Bertz CT molecular complexity index is 1400. The average molecular weight is 574 g/mol. The molecule has 2 aromatic heterocycles. The Hall–Kier alpha value is -3.16. The summed E-state index contributed by atoms with van der Waals surface area (Å²) in [5, 5.41) is 4.57. The van der Waals surface area contributed by atoms with E-state index in [4.69, 9.17) is 9.47 Å². The fraction of sp³-hybridized carbons (Fsp3) is 0.471. The molecule has 6 nitrogen and oxygen atoms in total. The number of rotatable bonds is 15. The molecule has 2 aromatic carbocycles. The van der Waals surface area contributed by atoms with Crippen LogP contribution in [0.25, 0.3) is 21.0 Å². The lowest BCUT2D eigenvalue weighted by Crippen LogP contribution is -2.46. The molecule has 0 N–H and O–H groups in total. The fourth-order valence-corrected chi connectivity index (χ4v) is 6.34. The van der Waals surface area contributed by atoms with E-state index in [1.165, 1.54) is 41.5 Å². The number of anilines is 1. The number of carbonyl (C=O) groups excluding carboxylic acids is 1. The van der Waals surface area contributed by atoms with Crippen molar-refractivity contribution in [2.75, 3.05) is 44.2 Å². The van der Waals surface area contributed by atoms with Crippen molar-refractivity contribution >= 4 is 44.0 Å². The summed E-state index contributed by atoms with van der Waals surface area (Å²) in [5.41, 5.74) is 2.16. The van der Waals surface area contributed by atoms with Gasteiger partial charge in [0, 0.05) is 65.9 Å². The van der Waals surface area contributed by atoms with Gasteiger partial charge in [0.1, 0.15) is 5.75 Å². The van der Waals surface area contributed by atoms with Gasteiger partial charge in [0.15, 0.2) is 0 Å². The molecule has 0 aliphatic carbocycles. The van der Waals surface area contributed by atoms with Crippen LogP contribution in [0.2, 0.25) is 0 Å². The third-order valence-corrected chi connectivity index (χ3v) is 8.80. The standard InChI is InChI=1S/C34H43N3O3S/c1-2-3-4-5-6-7-13-34(38)40-33-17-15-27-14-16-28(26-30(27)35-33)39-24-9-8-19-36-20-22-37(23-21-36)31-11-10-12-32-29(31)18-25-41-32/h10-12,14-18,25-26H,2-9,13,19-24H2,1H3. The Labute approximate surface area is 248 Å². The summed E-state index contributed by atoms with van der Waals surface area (Å²) in [6.45, 7) is 8.34. The van der Waals surface area contributed by atoms with E-state index in [-0.39, 0.29) is 5.97 Å². The number of unbranched alkanes of at least 4 members (excludes halogenated alkanes) is 6. The van der Waals surface area contributed by atoms with Crippen molar-refractivity contribution in [2.24, 2.45) is 0 Å². The summed E-state index contributed by atoms with van der Waals surface area (Å²) < 4.78 is 12.9. The zero-order valence-corrected chi connectivity index (χ0v) is 25.2. The summed E-state index contributed by atoms with van der Waals surface area (Å²) in [6, 6.07) is 18.5. The number of ether oxygens (including phenoxy) is 2. The molecule has 1 aliphatic heterocycles. The summed E-state index contributed by atoms with van der Waals surface area (Å²) >= 11 is 1.82. The first-order chi connectivity index (χ1) is 20.2. The van der Waals surface area contributed by atoms with Gasteiger partial charge in [0.05, 0.1) is 12.1 Å². The smallest absolute Gasteiger partial charge is 0.312 e. The lowest BCUT2D eigenvalue weighted by Gasteiger charge is -2.36. The van der Waals surface area contributed by atoms with Crippen molar-refractivity contribution in [3.8, 4) is 11.6 Å². The van der Waals surface area contributed by atoms with Gasteiger partial charge in [-0.05, 0) is 67.6 Å². The quantitative estimate of drug-likeness (QED) is 0.106. The van der Waals surface area contributed by atoms with Crippen LogP contribution in [0, 0.1) is 0 Å². The van der Waals surface area contributed by atoms with E-state index in [1.807, 2.05) is 35.6 Å². The highest BCUT2D eigenvalue weighted by atomic mass is 32.1. The zero-order chi connectivity index (χ0) is 28.3. The number of hydrogen-bond donors (Lipinski definition) is 0. The third kappa shape index (κ3) is 8.43. The largest absolute Gasteiger partial charge is 0.494 e. The van der Waals surface area contributed by atoms with Crippen molar-refractivity contribution in [1.82, 2.24) is 9.88 Å². The van der Waals surface area contributed by atoms with E-state index in [2.05, 4.69) is 51.4 Å². The van der Waals surface area contributed by atoms with Gasteiger partial charge in [0.25, 0.3) is 0 Å². The Morgan fingerprint density at radius 1 is 0.902 bits per heavy atom. The first-order valence-corrected chi connectivity index (χ1v) is 16.3. The van der Waals surface area contributed by atoms with Gasteiger partial charge >= 0.3 is 5.97 Å². The van der Waals surface area contributed by atoms with Crippen LogP contribution < -0.4 is 14.4 Å². The van der Waals surface area contributed by atoms with Crippen LogP contribution in [-0.2, 0) is 4.79 Å². The van der Waals surface area contributed by atoms with Crippen molar-refractivity contribution in [1.29, 1.82) is 0 Å². The predicted molar refractivity (Wildman–Crippen MR) is 171 cm³/mol. The van der Waals surface area contributed by atoms with E-state index in [9.17, 15) is 4.79 Å². The van der Waals surface area contributed by atoms with Gasteiger partial charge in [-0.25, -0.2) is 4.98 Å². The van der Waals surface area contributed by atoms with Crippen molar-refractivity contribution in [3.05, 3.63) is 60.0 Å². The van der Waals surface area contributed by atoms with Crippen LogP contribution >= 0.6 is 11.3 Å². The van der Waals surface area contributed by atoms with Gasteiger partial charge < -0.3 is 14.4 Å². The molecule has 1 fully saturated rings. The van der Waals surface area contributed by atoms with Crippen molar-refractivity contribution in [3.63, 3.8) is 0 Å². The van der Waals surface area contributed by atoms with E-state index < -0.39 is 0 Å². The monoisotopic (exact) mass is 573 g/mol. The number of piperazine rings is 1. The Morgan fingerprint density at radius 3 is 2.61 bits per heavy atom. The van der Waals surface area contributed by atoms with Crippen molar-refractivity contribution in [2.45, 2.75) is 64.7 Å². The maximum absolute atomic E-state index is 12.2. The van der Waals surface area contributed by atoms with E-state index in [1.54, 1.807) is 6.07 Å². The van der Waals surface area contributed by atoms with E-state index in [0.29, 0.717) is 18.9 Å². The molecular weight excluding hydrogens is 530 g/mol. The number of benzene rings is 2. The van der Waals surface area contributed by atoms with Gasteiger partial charge in [-0.2, -0.15) is 0 Å². The van der Waals surface area contributed by atoms with E-state index in [0.717, 1.165) is 75.1 Å². The zero-order valence-electron chi connectivity index (χ0n) is 24.4. The maximum atomic E-state index is 12.2. The number of nitrogens with zero attached hydrogens (tertiary/aromatic N) is 3. The summed E-state index contributed by atoms with van der Waals surface area (Å²) in [5.74, 6) is 0.954. The molecule has 0 atom stereocenters. The molecule has 0 spiro atoms. The molecule has 1 saturated heterocycles. The van der Waals surface area contributed by atoms with Crippen LogP contribution in [0.4, 0.5) is 5.69 Å². The molecule has 5 rings (SSSR count). The molecule has 0 saturated carbocycles. The van der Waals surface area contributed by atoms with Gasteiger partial charge in [-0.3, -0.25) is 9.69 Å². The summed E-state index contributed by atoms with van der Waals surface area (Å²) in [6.07, 6.45) is 9.44. The highest BCUT2D eigenvalue weighted by molar-refractivity contribution is 7.17. The number of carbonyl (C=O) groups is 1. The fourth-order valence-electron chi connectivity index (χ4n) is 5.54. The molecule has 3 heterocycles. The highest BCUT2D eigenvalue weighted by Gasteiger charge is 2.18. The average Bonchev–Trinajstić information content (AvgIpc) is 3.48. The summed E-state index contributed by atoms with van der Waals surface area (Å²) in [4.78, 5) is 21.9. The molecule has 0 unspecified atom stereocenters. The molecule has 4 aromatic rings. The van der Waals surface area contributed by atoms with Gasteiger partial charge in [-0.15, -0.1) is 11.3 Å². The van der Waals surface area contributed by atoms with Crippen molar-refractivity contribution < 1.29 is 14.3 Å². The van der Waals surface area contributed by atoms with Crippen LogP contribution in [0.3, 0.4) is 0 Å². The van der Waals surface area contributed by atoms with E-state index >= 15 is 0 Å². The molecule has 0 bridgehead atoms. The van der Waals surface area contributed by atoms with Gasteiger partial charge in [0.2, 0.25) is 5.88 Å². The topological polar surface area (TPSA) is 54.9 Å². The second-order valence-electron chi connectivity index (χ2n) is 11.0. The third-order valence-electron chi connectivity index (χ3n) is 7.91. The van der Waals surface area contributed by atoms with Gasteiger partial charge in [-0.1, -0.05) is 45.1 Å². The predicted octanol–water partition coefficient (Wildman–Crippen LogP) is 8.09. The maximum Gasteiger partial charge on any atom is 0.312 e. The minimum atomic E-state index is -0.207. The van der Waals surface area contributed by atoms with Crippen LogP contribution in [0.1, 0.15) is 64.7 Å². The normalized spacial score (nSPS) is 14.1. The molecule has 1 aliphatic rings. The highest BCUT2D eigenvalue weighted by Crippen LogP contribution is 2.31. The second kappa shape index (κ2) is 15.2. The Morgan fingerprint density at radius 2 is 1.73 bits per heavy atom. The second-order valence-corrected chi connectivity index (χ2v) is 11.9. The molecular formula is C34H43N3O3S. The lowest BCUT2D eigenvalue weighted by molar-refractivity contribution is -0.134. The minimum absolute atomic E-state index is 0.207. The van der Waals surface area contributed by atoms with Crippen LogP contribution in [0.15, 0.2) is 60.0 Å². The number of esters is 1. The number of pyridine rings is 1. The molecule has 218 valence electrons. The minimum Gasteiger partial charge on any atom is -0.494 e. The van der Waals surface area contributed by atoms with Crippen LogP contribution in [0.5, 0.6) is 11.6 Å². The molecule has 41 heavy (non-hydrogen) atoms. The molecule has 7 heteroatoms. The number of hydrogen-bond acceptors (Lipinski definition) is 7.